The van der Waals surface area contributed by atoms with E-state index >= 15 is 13.2 Å². The Bertz CT molecular complexity index is 2760. The van der Waals surface area contributed by atoms with Gasteiger partial charge in [-0.05, 0) is 84.0 Å². The molecule has 9 rings (SSSR count). The molecule has 1 aliphatic carbocycles. The quantitative estimate of drug-likeness (QED) is 0.158. The predicted octanol–water partition coefficient (Wildman–Crippen LogP) is 14.8. The van der Waals surface area contributed by atoms with Crippen LogP contribution in [0.15, 0.2) is 124 Å². The van der Waals surface area contributed by atoms with Gasteiger partial charge in [0.1, 0.15) is 11.2 Å². The predicted molar refractivity (Wildman–Crippen MR) is 211 cm³/mol. The summed E-state index contributed by atoms with van der Waals surface area (Å²) in [5, 5.41) is 1.81. The zero-order valence-electron chi connectivity index (χ0n) is 30.6. The first-order valence-corrected chi connectivity index (χ1v) is 18.6. The maximum absolute atomic E-state index is 15.1. The standard InChI is InChI=1S/C46H36F6N2O2/c1-53(29-15-7-4-8-16-29)38-23-12-20-33-34-25-28(26-36(46(50,51)52)42(34)56-44(33)38)30-17-10-22-37(40(30)27-13-5-3-6-14-27)54(2)39-24-11-19-32-31-18-9-21-35(45(47,48)49)41(31)55-43(32)39/h4,7-12,15-27H,3,5-6,13-14H2,1-2H3. The van der Waals surface area contributed by atoms with Crippen molar-refractivity contribution in [2.45, 2.75) is 50.4 Å². The van der Waals surface area contributed by atoms with Gasteiger partial charge in [0.15, 0.2) is 11.2 Å². The van der Waals surface area contributed by atoms with Gasteiger partial charge in [-0.15, -0.1) is 0 Å². The first-order valence-electron chi connectivity index (χ1n) is 18.6. The smallest absolute Gasteiger partial charge is 0.420 e. The van der Waals surface area contributed by atoms with Crippen molar-refractivity contribution < 1.29 is 35.2 Å². The Morgan fingerprint density at radius 1 is 0.500 bits per heavy atom. The number of nitrogens with zero attached hydrogens (tertiary/aromatic N) is 2. The van der Waals surface area contributed by atoms with E-state index in [2.05, 4.69) is 0 Å². The topological polar surface area (TPSA) is 32.8 Å². The van der Waals surface area contributed by atoms with Crippen LogP contribution in [0.25, 0.3) is 55.0 Å². The maximum Gasteiger partial charge on any atom is 0.420 e. The van der Waals surface area contributed by atoms with E-state index in [-0.39, 0.29) is 17.1 Å². The van der Waals surface area contributed by atoms with Crippen molar-refractivity contribution in [3.63, 3.8) is 0 Å². The molecule has 0 unspecified atom stereocenters. The Labute approximate surface area is 318 Å². The number of benzene rings is 6. The van der Waals surface area contributed by atoms with Gasteiger partial charge >= 0.3 is 12.4 Å². The summed E-state index contributed by atoms with van der Waals surface area (Å²) in [6.45, 7) is 0. The zero-order valence-corrected chi connectivity index (χ0v) is 30.6. The molecule has 1 aliphatic rings. The number of halogens is 6. The van der Waals surface area contributed by atoms with Crippen LogP contribution in [0.5, 0.6) is 0 Å². The number of furan rings is 2. The van der Waals surface area contributed by atoms with E-state index in [0.717, 1.165) is 55.1 Å². The van der Waals surface area contributed by atoms with Crippen LogP contribution < -0.4 is 9.80 Å². The molecule has 0 bridgehead atoms. The molecular formula is C46H36F6N2O2. The van der Waals surface area contributed by atoms with Gasteiger partial charge in [-0.1, -0.05) is 86.0 Å². The largest absolute Gasteiger partial charge is 0.453 e. The molecule has 6 aromatic carbocycles. The third-order valence-electron chi connectivity index (χ3n) is 11.3. The van der Waals surface area contributed by atoms with E-state index in [1.807, 2.05) is 84.6 Å². The minimum absolute atomic E-state index is 0.0290. The molecular weight excluding hydrogens is 727 g/mol. The van der Waals surface area contributed by atoms with Crippen molar-refractivity contribution in [1.82, 2.24) is 0 Å². The summed E-state index contributed by atoms with van der Waals surface area (Å²) < 4.78 is 99.9. The molecule has 56 heavy (non-hydrogen) atoms. The van der Waals surface area contributed by atoms with Gasteiger partial charge in [0, 0.05) is 47.0 Å². The van der Waals surface area contributed by atoms with Crippen LogP contribution in [-0.4, -0.2) is 14.1 Å². The van der Waals surface area contributed by atoms with E-state index in [1.165, 1.54) is 12.1 Å². The lowest BCUT2D eigenvalue weighted by Crippen LogP contribution is -2.16. The molecule has 0 amide bonds. The molecule has 284 valence electrons. The van der Waals surface area contributed by atoms with Crippen molar-refractivity contribution in [2.24, 2.45) is 0 Å². The number of alkyl halides is 6. The van der Waals surface area contributed by atoms with Crippen LogP contribution in [0.4, 0.5) is 49.1 Å². The van der Waals surface area contributed by atoms with Crippen molar-refractivity contribution in [1.29, 1.82) is 0 Å². The molecule has 0 saturated heterocycles. The molecule has 0 radical (unpaired) electrons. The lowest BCUT2D eigenvalue weighted by molar-refractivity contribution is -0.137. The summed E-state index contributed by atoms with van der Waals surface area (Å²) >= 11 is 0. The summed E-state index contributed by atoms with van der Waals surface area (Å²) in [7, 11) is 3.68. The Morgan fingerprint density at radius 2 is 1.04 bits per heavy atom. The summed E-state index contributed by atoms with van der Waals surface area (Å²) in [5.74, 6) is 0.0290. The van der Waals surface area contributed by atoms with Gasteiger partial charge < -0.3 is 18.6 Å². The minimum atomic E-state index is -4.72. The average molecular weight is 763 g/mol. The molecule has 2 aromatic heterocycles. The van der Waals surface area contributed by atoms with Crippen LogP contribution in [0.3, 0.4) is 0 Å². The highest BCUT2D eigenvalue weighted by atomic mass is 19.4. The molecule has 0 spiro atoms. The second-order valence-corrected chi connectivity index (χ2v) is 14.6. The van der Waals surface area contributed by atoms with Crippen LogP contribution in [0.1, 0.15) is 54.7 Å². The number of hydrogen-bond donors (Lipinski definition) is 0. The minimum Gasteiger partial charge on any atom is -0.453 e. The number of hydrogen-bond acceptors (Lipinski definition) is 4. The van der Waals surface area contributed by atoms with Crippen LogP contribution in [0.2, 0.25) is 0 Å². The Balaban J connectivity index is 1.25. The summed E-state index contributed by atoms with van der Waals surface area (Å²) in [6.07, 6.45) is -4.64. The Hall–Kier alpha value is -5.90. The zero-order chi connectivity index (χ0) is 38.9. The SMILES string of the molecule is CN(c1ccccc1)c1cccc2c1oc1c(C(F)(F)F)cc(-c3cccc(N(C)c4cccc5c4oc4c(C(F)(F)F)cccc45)c3C3CCCCC3)cc12. The van der Waals surface area contributed by atoms with E-state index < -0.39 is 23.5 Å². The van der Waals surface area contributed by atoms with Gasteiger partial charge in [0.2, 0.25) is 0 Å². The molecule has 0 aliphatic heterocycles. The number of fused-ring (bicyclic) bond motifs is 6. The number of para-hydroxylation sites is 4. The fourth-order valence-electron chi connectivity index (χ4n) is 8.65. The molecule has 0 N–H and O–H groups in total. The van der Waals surface area contributed by atoms with E-state index in [1.54, 1.807) is 36.4 Å². The third-order valence-corrected chi connectivity index (χ3v) is 11.3. The van der Waals surface area contributed by atoms with Crippen LogP contribution in [0, 0.1) is 0 Å². The van der Waals surface area contributed by atoms with Crippen LogP contribution in [-0.2, 0) is 12.4 Å². The molecule has 1 saturated carbocycles. The summed E-state index contributed by atoms with van der Waals surface area (Å²) in [4.78, 5) is 3.79. The maximum atomic E-state index is 15.1. The average Bonchev–Trinajstić information content (AvgIpc) is 3.78. The summed E-state index contributed by atoms with van der Waals surface area (Å²) in [6, 6.07) is 32.9. The number of anilines is 4. The first-order chi connectivity index (χ1) is 26.9. The van der Waals surface area contributed by atoms with Gasteiger partial charge in [-0.3, -0.25) is 0 Å². The highest BCUT2D eigenvalue weighted by Gasteiger charge is 2.37. The van der Waals surface area contributed by atoms with Gasteiger partial charge in [0.05, 0.1) is 22.5 Å². The Morgan fingerprint density at radius 3 is 1.68 bits per heavy atom. The lowest BCUT2D eigenvalue weighted by Gasteiger charge is -2.31. The fourth-order valence-corrected chi connectivity index (χ4v) is 8.65. The van der Waals surface area contributed by atoms with Gasteiger partial charge in [-0.25, -0.2) is 0 Å². The lowest BCUT2D eigenvalue weighted by atomic mass is 9.79. The summed E-state index contributed by atoms with van der Waals surface area (Å²) in [5.41, 5.74) is 3.20. The normalized spacial score (nSPS) is 14.4. The van der Waals surface area contributed by atoms with Crippen LogP contribution >= 0.6 is 0 Å². The van der Waals surface area contributed by atoms with Gasteiger partial charge in [-0.2, -0.15) is 26.3 Å². The van der Waals surface area contributed by atoms with E-state index in [0.29, 0.717) is 55.2 Å². The van der Waals surface area contributed by atoms with E-state index in [4.69, 9.17) is 8.83 Å². The molecule has 8 aromatic rings. The number of rotatable bonds is 6. The highest BCUT2D eigenvalue weighted by Crippen LogP contribution is 2.50. The van der Waals surface area contributed by atoms with Crippen molar-refractivity contribution in [2.75, 3.05) is 23.9 Å². The molecule has 1 fully saturated rings. The monoisotopic (exact) mass is 762 g/mol. The van der Waals surface area contributed by atoms with Gasteiger partial charge in [0.25, 0.3) is 0 Å². The molecule has 4 nitrogen and oxygen atoms in total. The Kier molecular flexibility index (Phi) is 8.56. The highest BCUT2D eigenvalue weighted by molar-refractivity contribution is 6.12. The molecule has 10 heteroatoms. The fraction of sp³-hybridized carbons (Fsp3) is 0.217. The second kappa shape index (κ2) is 13.4. The second-order valence-electron chi connectivity index (χ2n) is 14.6. The molecule has 0 atom stereocenters. The third kappa shape index (κ3) is 5.93. The van der Waals surface area contributed by atoms with E-state index in [9.17, 15) is 13.2 Å². The van der Waals surface area contributed by atoms with Crippen molar-refractivity contribution in [3.8, 4) is 11.1 Å². The van der Waals surface area contributed by atoms with Crippen molar-refractivity contribution in [3.05, 3.63) is 132 Å². The molecule has 2 heterocycles. The first kappa shape index (κ1) is 35.8. The van der Waals surface area contributed by atoms with Crippen molar-refractivity contribution >= 4 is 66.6 Å².